The van der Waals surface area contributed by atoms with Gasteiger partial charge in [0, 0.05) is 27.4 Å². The maximum atomic E-state index is 5.34. The van der Waals surface area contributed by atoms with Gasteiger partial charge in [0.15, 0.2) is 0 Å². The molecule has 0 saturated heterocycles. The summed E-state index contributed by atoms with van der Waals surface area (Å²) in [6.07, 6.45) is 2.07. The standard InChI is InChI=1S/C12H27NO4/c1-14-9-11-16-7-3-5-13-6-4-8-17-12-10-15-2/h13H,3-12H2,1-2H3. The first-order valence-corrected chi connectivity index (χ1v) is 6.26. The summed E-state index contributed by atoms with van der Waals surface area (Å²) in [5.74, 6) is 0. The predicted octanol–water partition coefficient (Wildman–Crippen LogP) is 0.682. The van der Waals surface area contributed by atoms with Gasteiger partial charge in [-0.15, -0.1) is 0 Å². The highest BCUT2D eigenvalue weighted by Gasteiger charge is 1.91. The Morgan fingerprint density at radius 3 is 1.53 bits per heavy atom. The Hall–Kier alpha value is -0.200. The molecule has 0 saturated carbocycles. The van der Waals surface area contributed by atoms with Crippen molar-refractivity contribution in [3.8, 4) is 0 Å². The zero-order chi connectivity index (χ0) is 12.6. The van der Waals surface area contributed by atoms with Gasteiger partial charge in [-0.25, -0.2) is 0 Å². The van der Waals surface area contributed by atoms with Crippen molar-refractivity contribution in [1.29, 1.82) is 0 Å². The molecule has 0 aliphatic rings. The van der Waals surface area contributed by atoms with Gasteiger partial charge in [0.2, 0.25) is 0 Å². The minimum Gasteiger partial charge on any atom is -0.382 e. The molecule has 1 N–H and O–H groups in total. The Morgan fingerprint density at radius 2 is 1.12 bits per heavy atom. The van der Waals surface area contributed by atoms with E-state index in [0.29, 0.717) is 26.4 Å². The lowest BCUT2D eigenvalue weighted by molar-refractivity contribution is 0.0673. The normalized spacial score (nSPS) is 10.9. The number of hydrogen-bond donors (Lipinski definition) is 1. The minimum atomic E-state index is 0.673. The third-order valence-corrected chi connectivity index (χ3v) is 2.15. The molecule has 5 nitrogen and oxygen atoms in total. The van der Waals surface area contributed by atoms with Crippen LogP contribution < -0.4 is 5.32 Å². The van der Waals surface area contributed by atoms with Crippen LogP contribution in [0.5, 0.6) is 0 Å². The monoisotopic (exact) mass is 249 g/mol. The summed E-state index contributed by atoms with van der Waals surface area (Å²) in [5, 5.41) is 3.34. The van der Waals surface area contributed by atoms with Crippen LogP contribution in [-0.4, -0.2) is 67.0 Å². The van der Waals surface area contributed by atoms with E-state index in [0.717, 1.165) is 39.1 Å². The second-order valence-corrected chi connectivity index (χ2v) is 3.67. The molecule has 0 atom stereocenters. The first-order valence-electron chi connectivity index (χ1n) is 6.26. The molecule has 5 heteroatoms. The van der Waals surface area contributed by atoms with Crippen molar-refractivity contribution in [3.05, 3.63) is 0 Å². The number of hydrogen-bond acceptors (Lipinski definition) is 5. The van der Waals surface area contributed by atoms with Crippen LogP contribution in [0.4, 0.5) is 0 Å². The lowest BCUT2D eigenvalue weighted by atomic mass is 10.4. The molecule has 0 aromatic carbocycles. The lowest BCUT2D eigenvalue weighted by Gasteiger charge is -2.06. The van der Waals surface area contributed by atoms with E-state index in [1.807, 2.05) is 0 Å². The lowest BCUT2D eigenvalue weighted by Crippen LogP contribution is -2.20. The fourth-order valence-electron chi connectivity index (χ4n) is 1.21. The fourth-order valence-corrected chi connectivity index (χ4v) is 1.21. The van der Waals surface area contributed by atoms with Crippen molar-refractivity contribution < 1.29 is 18.9 Å². The van der Waals surface area contributed by atoms with Crippen molar-refractivity contribution in [1.82, 2.24) is 5.32 Å². The van der Waals surface area contributed by atoms with Crippen molar-refractivity contribution in [3.63, 3.8) is 0 Å². The summed E-state index contributed by atoms with van der Waals surface area (Å²) < 4.78 is 20.4. The molecule has 0 bridgehead atoms. The maximum absolute atomic E-state index is 5.34. The Kier molecular flexibility index (Phi) is 15.6. The molecule has 0 fully saturated rings. The smallest absolute Gasteiger partial charge is 0.0700 e. The van der Waals surface area contributed by atoms with Gasteiger partial charge in [-0.1, -0.05) is 0 Å². The third-order valence-electron chi connectivity index (χ3n) is 2.15. The van der Waals surface area contributed by atoms with E-state index in [4.69, 9.17) is 18.9 Å². The van der Waals surface area contributed by atoms with E-state index in [-0.39, 0.29) is 0 Å². The molecular weight excluding hydrogens is 222 g/mol. The summed E-state index contributed by atoms with van der Waals surface area (Å²) in [6.45, 7) is 6.28. The Labute approximate surface area is 105 Å². The van der Waals surface area contributed by atoms with Crippen LogP contribution in [0.3, 0.4) is 0 Å². The first kappa shape index (κ1) is 16.8. The Bertz CT molecular complexity index is 122. The van der Waals surface area contributed by atoms with Gasteiger partial charge in [0.05, 0.1) is 26.4 Å². The SMILES string of the molecule is COCCOCCCNCCCOCCOC. The Balaban J connectivity index is 2.85. The highest BCUT2D eigenvalue weighted by molar-refractivity contribution is 4.47. The van der Waals surface area contributed by atoms with Crippen LogP contribution in [0.15, 0.2) is 0 Å². The molecular formula is C12H27NO4. The van der Waals surface area contributed by atoms with E-state index < -0.39 is 0 Å². The Morgan fingerprint density at radius 1 is 0.647 bits per heavy atom. The first-order chi connectivity index (χ1) is 8.41. The molecule has 0 heterocycles. The highest BCUT2D eigenvalue weighted by atomic mass is 16.5. The summed E-state index contributed by atoms with van der Waals surface area (Å²) in [4.78, 5) is 0. The van der Waals surface area contributed by atoms with Crippen LogP contribution in [0, 0.1) is 0 Å². The number of nitrogens with one attached hydrogen (secondary N) is 1. The molecule has 0 rings (SSSR count). The maximum Gasteiger partial charge on any atom is 0.0700 e. The molecule has 0 aliphatic carbocycles. The van der Waals surface area contributed by atoms with Crippen LogP contribution in [-0.2, 0) is 18.9 Å². The van der Waals surface area contributed by atoms with Gasteiger partial charge in [-0.3, -0.25) is 0 Å². The molecule has 0 spiro atoms. The highest BCUT2D eigenvalue weighted by Crippen LogP contribution is 1.84. The van der Waals surface area contributed by atoms with E-state index in [1.54, 1.807) is 14.2 Å². The molecule has 0 unspecified atom stereocenters. The van der Waals surface area contributed by atoms with Gasteiger partial charge in [-0.2, -0.15) is 0 Å². The quantitative estimate of drug-likeness (QED) is 0.459. The average Bonchev–Trinajstić information content (AvgIpc) is 2.35. The molecule has 0 radical (unpaired) electrons. The minimum absolute atomic E-state index is 0.673. The van der Waals surface area contributed by atoms with Crippen molar-refractivity contribution in [2.45, 2.75) is 12.8 Å². The molecule has 0 aromatic rings. The number of methoxy groups -OCH3 is 2. The second kappa shape index (κ2) is 15.8. The third kappa shape index (κ3) is 15.8. The predicted molar refractivity (Wildman–Crippen MR) is 67.5 cm³/mol. The molecule has 17 heavy (non-hydrogen) atoms. The van der Waals surface area contributed by atoms with Gasteiger partial charge in [0.1, 0.15) is 0 Å². The molecule has 0 aromatic heterocycles. The van der Waals surface area contributed by atoms with Gasteiger partial charge in [-0.05, 0) is 25.9 Å². The zero-order valence-electron chi connectivity index (χ0n) is 11.2. The van der Waals surface area contributed by atoms with E-state index in [2.05, 4.69) is 5.32 Å². The van der Waals surface area contributed by atoms with Crippen LogP contribution in [0.1, 0.15) is 12.8 Å². The van der Waals surface area contributed by atoms with E-state index in [1.165, 1.54) is 0 Å². The largest absolute Gasteiger partial charge is 0.382 e. The van der Waals surface area contributed by atoms with Gasteiger partial charge in [0.25, 0.3) is 0 Å². The zero-order valence-corrected chi connectivity index (χ0v) is 11.2. The summed E-state index contributed by atoms with van der Waals surface area (Å²) in [7, 11) is 3.36. The molecule has 0 amide bonds. The summed E-state index contributed by atoms with van der Waals surface area (Å²) >= 11 is 0. The van der Waals surface area contributed by atoms with E-state index >= 15 is 0 Å². The summed E-state index contributed by atoms with van der Waals surface area (Å²) in [5.41, 5.74) is 0. The molecule has 0 aliphatic heterocycles. The van der Waals surface area contributed by atoms with Crippen molar-refractivity contribution in [2.75, 3.05) is 67.0 Å². The van der Waals surface area contributed by atoms with Gasteiger partial charge >= 0.3 is 0 Å². The molecule has 104 valence electrons. The number of rotatable bonds is 14. The second-order valence-electron chi connectivity index (χ2n) is 3.67. The van der Waals surface area contributed by atoms with Crippen LogP contribution in [0.2, 0.25) is 0 Å². The van der Waals surface area contributed by atoms with Crippen molar-refractivity contribution in [2.24, 2.45) is 0 Å². The van der Waals surface area contributed by atoms with Crippen molar-refractivity contribution >= 4 is 0 Å². The average molecular weight is 249 g/mol. The van der Waals surface area contributed by atoms with E-state index in [9.17, 15) is 0 Å². The summed E-state index contributed by atoms with van der Waals surface area (Å²) in [6, 6.07) is 0. The topological polar surface area (TPSA) is 49.0 Å². The fraction of sp³-hybridized carbons (Fsp3) is 1.00. The number of ether oxygens (including phenoxy) is 4. The van der Waals surface area contributed by atoms with Gasteiger partial charge < -0.3 is 24.3 Å². The van der Waals surface area contributed by atoms with Crippen LogP contribution in [0.25, 0.3) is 0 Å². The van der Waals surface area contributed by atoms with Crippen LogP contribution >= 0.6 is 0 Å².